The standard InChI is InChI=1S/C17H23NO3/c1-3-13(11-16(19)20)14-6-7-15(12(2)10-14)17(21)18-8-4-5-9-18/h6-7,10,13H,3-5,8-9,11H2,1-2H3,(H,19,20). The maximum Gasteiger partial charge on any atom is 0.303 e. The number of rotatable bonds is 5. The van der Waals surface area contributed by atoms with Gasteiger partial charge in [-0.2, -0.15) is 0 Å². The number of hydrogen-bond acceptors (Lipinski definition) is 2. The lowest BCUT2D eigenvalue weighted by molar-refractivity contribution is -0.137. The molecule has 1 aromatic carbocycles. The van der Waals surface area contributed by atoms with Crippen molar-refractivity contribution in [2.24, 2.45) is 0 Å². The Balaban J connectivity index is 2.19. The monoisotopic (exact) mass is 289 g/mol. The number of carboxylic acid groups (broad SMARTS) is 1. The molecule has 2 rings (SSSR count). The smallest absolute Gasteiger partial charge is 0.303 e. The number of aryl methyl sites for hydroxylation is 1. The Morgan fingerprint density at radius 1 is 1.29 bits per heavy atom. The molecule has 0 radical (unpaired) electrons. The summed E-state index contributed by atoms with van der Waals surface area (Å²) in [7, 11) is 0. The van der Waals surface area contributed by atoms with E-state index in [-0.39, 0.29) is 18.2 Å². The molecule has 1 aliphatic heterocycles. The molecule has 0 saturated carbocycles. The van der Waals surface area contributed by atoms with Crippen molar-refractivity contribution >= 4 is 11.9 Å². The van der Waals surface area contributed by atoms with Gasteiger partial charge >= 0.3 is 5.97 Å². The number of aliphatic carboxylic acids is 1. The van der Waals surface area contributed by atoms with Crippen LogP contribution < -0.4 is 0 Å². The Bertz CT molecular complexity index is 533. The lowest BCUT2D eigenvalue weighted by atomic mass is 9.90. The minimum atomic E-state index is -0.781. The van der Waals surface area contributed by atoms with Crippen molar-refractivity contribution in [2.75, 3.05) is 13.1 Å². The van der Waals surface area contributed by atoms with Gasteiger partial charge in [-0.05, 0) is 49.3 Å². The molecule has 114 valence electrons. The molecule has 1 heterocycles. The normalized spacial score (nSPS) is 16.0. The van der Waals surface area contributed by atoms with Crippen LogP contribution in [0.2, 0.25) is 0 Å². The van der Waals surface area contributed by atoms with Gasteiger partial charge in [-0.15, -0.1) is 0 Å². The molecular formula is C17H23NO3. The fourth-order valence-corrected chi connectivity index (χ4v) is 2.98. The third-order valence-corrected chi connectivity index (χ3v) is 4.26. The van der Waals surface area contributed by atoms with Crippen molar-refractivity contribution in [1.82, 2.24) is 4.90 Å². The predicted octanol–water partition coefficient (Wildman–Crippen LogP) is 3.20. The van der Waals surface area contributed by atoms with E-state index in [0.717, 1.165) is 49.0 Å². The number of likely N-dealkylation sites (tertiary alicyclic amines) is 1. The summed E-state index contributed by atoms with van der Waals surface area (Å²) in [5.41, 5.74) is 2.69. The van der Waals surface area contributed by atoms with Gasteiger partial charge in [0.2, 0.25) is 0 Å². The van der Waals surface area contributed by atoms with Crippen LogP contribution in [0, 0.1) is 6.92 Å². The zero-order valence-corrected chi connectivity index (χ0v) is 12.8. The summed E-state index contributed by atoms with van der Waals surface area (Å²) in [5, 5.41) is 8.97. The van der Waals surface area contributed by atoms with E-state index in [1.165, 1.54) is 0 Å². The molecule has 0 aromatic heterocycles. The highest BCUT2D eigenvalue weighted by Crippen LogP contribution is 2.26. The van der Waals surface area contributed by atoms with Crippen LogP contribution in [0.15, 0.2) is 18.2 Å². The third kappa shape index (κ3) is 3.63. The molecule has 0 aliphatic carbocycles. The highest BCUT2D eigenvalue weighted by atomic mass is 16.4. The maximum atomic E-state index is 12.4. The SMILES string of the molecule is CCC(CC(=O)O)c1ccc(C(=O)N2CCCC2)c(C)c1. The largest absolute Gasteiger partial charge is 0.481 e. The van der Waals surface area contributed by atoms with Crippen molar-refractivity contribution in [3.05, 3.63) is 34.9 Å². The second kappa shape index (κ2) is 6.74. The number of benzene rings is 1. The van der Waals surface area contributed by atoms with Crippen LogP contribution >= 0.6 is 0 Å². The van der Waals surface area contributed by atoms with Crippen LogP contribution in [0.1, 0.15) is 60.0 Å². The second-order valence-electron chi connectivity index (χ2n) is 5.78. The first-order valence-electron chi connectivity index (χ1n) is 7.64. The van der Waals surface area contributed by atoms with Gasteiger partial charge in [0.15, 0.2) is 0 Å². The van der Waals surface area contributed by atoms with Crippen molar-refractivity contribution in [3.8, 4) is 0 Å². The van der Waals surface area contributed by atoms with E-state index in [1.807, 2.05) is 36.9 Å². The van der Waals surface area contributed by atoms with Crippen molar-refractivity contribution in [3.63, 3.8) is 0 Å². The van der Waals surface area contributed by atoms with E-state index in [1.54, 1.807) is 0 Å². The summed E-state index contributed by atoms with van der Waals surface area (Å²) in [5.74, 6) is -0.670. The third-order valence-electron chi connectivity index (χ3n) is 4.26. The van der Waals surface area contributed by atoms with Crippen molar-refractivity contribution in [1.29, 1.82) is 0 Å². The van der Waals surface area contributed by atoms with Crippen LogP contribution in [-0.2, 0) is 4.79 Å². The minimum absolute atomic E-state index is 0.0112. The lowest BCUT2D eigenvalue weighted by Crippen LogP contribution is -2.28. The molecule has 1 amide bonds. The zero-order valence-electron chi connectivity index (χ0n) is 12.8. The highest BCUT2D eigenvalue weighted by molar-refractivity contribution is 5.95. The Hall–Kier alpha value is -1.84. The molecule has 1 N–H and O–H groups in total. The molecule has 1 atom stereocenters. The van der Waals surface area contributed by atoms with Gasteiger partial charge in [0.25, 0.3) is 5.91 Å². The molecule has 21 heavy (non-hydrogen) atoms. The quantitative estimate of drug-likeness (QED) is 0.905. The first kappa shape index (κ1) is 15.5. The van der Waals surface area contributed by atoms with Gasteiger partial charge in [0, 0.05) is 18.7 Å². The molecule has 4 nitrogen and oxygen atoms in total. The summed E-state index contributed by atoms with van der Waals surface area (Å²) in [6, 6.07) is 5.74. The summed E-state index contributed by atoms with van der Waals surface area (Å²) in [6.07, 6.45) is 3.08. The van der Waals surface area contributed by atoms with Gasteiger partial charge in [-0.25, -0.2) is 0 Å². The fraction of sp³-hybridized carbons (Fsp3) is 0.529. The zero-order chi connectivity index (χ0) is 15.4. The van der Waals surface area contributed by atoms with E-state index in [9.17, 15) is 9.59 Å². The van der Waals surface area contributed by atoms with Crippen LogP contribution in [0.5, 0.6) is 0 Å². The molecule has 1 aromatic rings. The summed E-state index contributed by atoms with van der Waals surface area (Å²) < 4.78 is 0. The Labute approximate surface area is 125 Å². The van der Waals surface area contributed by atoms with Gasteiger partial charge in [0.05, 0.1) is 6.42 Å². The molecule has 4 heteroatoms. The lowest BCUT2D eigenvalue weighted by Gasteiger charge is -2.19. The Morgan fingerprint density at radius 3 is 2.48 bits per heavy atom. The first-order chi connectivity index (χ1) is 10.0. The topological polar surface area (TPSA) is 57.6 Å². The van der Waals surface area contributed by atoms with E-state index >= 15 is 0 Å². The number of amides is 1. The summed E-state index contributed by atoms with van der Waals surface area (Å²) in [6.45, 7) is 5.61. The van der Waals surface area contributed by atoms with Crippen LogP contribution in [0.3, 0.4) is 0 Å². The van der Waals surface area contributed by atoms with E-state index in [4.69, 9.17) is 5.11 Å². The van der Waals surface area contributed by atoms with Gasteiger partial charge in [-0.3, -0.25) is 9.59 Å². The molecular weight excluding hydrogens is 266 g/mol. The molecule has 0 spiro atoms. The number of carboxylic acids is 1. The number of carbonyl (C=O) groups excluding carboxylic acids is 1. The predicted molar refractivity (Wildman–Crippen MR) is 81.6 cm³/mol. The Kier molecular flexibility index (Phi) is 4.99. The van der Waals surface area contributed by atoms with Crippen LogP contribution in [-0.4, -0.2) is 35.0 Å². The number of nitrogens with zero attached hydrogens (tertiary/aromatic N) is 1. The average Bonchev–Trinajstić information content (AvgIpc) is 2.98. The van der Waals surface area contributed by atoms with Crippen molar-refractivity contribution in [2.45, 2.75) is 45.4 Å². The first-order valence-corrected chi connectivity index (χ1v) is 7.64. The van der Waals surface area contributed by atoms with E-state index in [2.05, 4.69) is 0 Å². The molecule has 1 fully saturated rings. The molecule has 0 bridgehead atoms. The van der Waals surface area contributed by atoms with Gasteiger partial charge in [-0.1, -0.05) is 19.1 Å². The minimum Gasteiger partial charge on any atom is -0.481 e. The van der Waals surface area contributed by atoms with Crippen molar-refractivity contribution < 1.29 is 14.7 Å². The van der Waals surface area contributed by atoms with E-state index in [0.29, 0.717) is 0 Å². The summed E-state index contributed by atoms with van der Waals surface area (Å²) in [4.78, 5) is 25.2. The average molecular weight is 289 g/mol. The highest BCUT2D eigenvalue weighted by Gasteiger charge is 2.22. The fourth-order valence-electron chi connectivity index (χ4n) is 2.98. The van der Waals surface area contributed by atoms with Crippen LogP contribution in [0.25, 0.3) is 0 Å². The molecule has 1 aliphatic rings. The van der Waals surface area contributed by atoms with Gasteiger partial charge < -0.3 is 10.0 Å². The number of hydrogen-bond donors (Lipinski definition) is 1. The Morgan fingerprint density at radius 2 is 1.95 bits per heavy atom. The summed E-state index contributed by atoms with van der Waals surface area (Å²) >= 11 is 0. The molecule has 1 unspecified atom stereocenters. The maximum absolute atomic E-state index is 12.4. The van der Waals surface area contributed by atoms with Crippen LogP contribution in [0.4, 0.5) is 0 Å². The van der Waals surface area contributed by atoms with Gasteiger partial charge in [0.1, 0.15) is 0 Å². The molecule has 1 saturated heterocycles. The number of carbonyl (C=O) groups is 2. The van der Waals surface area contributed by atoms with E-state index < -0.39 is 5.97 Å². The second-order valence-corrected chi connectivity index (χ2v) is 5.78.